The lowest BCUT2D eigenvalue weighted by atomic mass is 9.77. The van der Waals surface area contributed by atoms with Crippen molar-refractivity contribution in [1.82, 2.24) is 5.32 Å². The van der Waals surface area contributed by atoms with Crippen LogP contribution in [0.4, 0.5) is 0 Å². The SMILES string of the molecule is CCSCCOC(=O)C1=C(C)NC2=C(C(=O)CCC2)C1c1ccc(C)o1. The van der Waals surface area contributed by atoms with Crippen LogP contribution in [0.1, 0.15) is 50.5 Å². The first-order valence-electron chi connectivity index (χ1n) is 9.08. The number of esters is 1. The number of Topliss-reactive ketones (excluding diaryl/α,β-unsaturated/α-hetero) is 1. The number of dihydropyridines is 1. The molecule has 0 saturated carbocycles. The molecule has 2 aliphatic rings. The van der Waals surface area contributed by atoms with E-state index >= 15 is 0 Å². The summed E-state index contributed by atoms with van der Waals surface area (Å²) in [6.45, 7) is 6.15. The predicted octanol–water partition coefficient (Wildman–Crippen LogP) is 3.85. The van der Waals surface area contributed by atoms with Crippen molar-refractivity contribution < 1.29 is 18.7 Å². The minimum atomic E-state index is -0.487. The average Bonchev–Trinajstić information content (AvgIpc) is 3.03. The smallest absolute Gasteiger partial charge is 0.336 e. The van der Waals surface area contributed by atoms with E-state index in [1.807, 2.05) is 26.0 Å². The molecule has 5 nitrogen and oxygen atoms in total. The molecule has 2 heterocycles. The van der Waals surface area contributed by atoms with E-state index in [0.29, 0.717) is 29.9 Å². The van der Waals surface area contributed by atoms with Gasteiger partial charge in [0.15, 0.2) is 5.78 Å². The fraction of sp³-hybridized carbons (Fsp3) is 0.500. The van der Waals surface area contributed by atoms with Crippen molar-refractivity contribution in [2.45, 2.75) is 46.0 Å². The Balaban J connectivity index is 1.95. The number of thioether (sulfide) groups is 1. The van der Waals surface area contributed by atoms with Gasteiger partial charge in [0, 0.05) is 29.1 Å². The van der Waals surface area contributed by atoms with E-state index in [9.17, 15) is 9.59 Å². The van der Waals surface area contributed by atoms with Crippen LogP contribution in [-0.4, -0.2) is 29.9 Å². The molecule has 140 valence electrons. The van der Waals surface area contributed by atoms with Crippen molar-refractivity contribution in [2.75, 3.05) is 18.1 Å². The first-order valence-corrected chi connectivity index (χ1v) is 10.2. The first-order chi connectivity index (χ1) is 12.5. The van der Waals surface area contributed by atoms with Gasteiger partial charge in [-0.25, -0.2) is 4.79 Å². The Morgan fingerprint density at radius 1 is 1.35 bits per heavy atom. The minimum absolute atomic E-state index is 0.0807. The molecular formula is C20H25NO4S. The van der Waals surface area contributed by atoms with Crippen molar-refractivity contribution in [1.29, 1.82) is 0 Å². The fourth-order valence-electron chi connectivity index (χ4n) is 3.56. The number of hydrogen-bond acceptors (Lipinski definition) is 6. The zero-order valence-electron chi connectivity index (χ0n) is 15.5. The van der Waals surface area contributed by atoms with Crippen molar-refractivity contribution in [3.63, 3.8) is 0 Å². The molecule has 0 spiro atoms. The molecule has 26 heavy (non-hydrogen) atoms. The highest BCUT2D eigenvalue weighted by Crippen LogP contribution is 2.42. The van der Waals surface area contributed by atoms with Crippen LogP contribution in [-0.2, 0) is 14.3 Å². The normalized spacial score (nSPS) is 20.1. The highest BCUT2D eigenvalue weighted by atomic mass is 32.2. The second-order valence-corrected chi connectivity index (χ2v) is 7.94. The number of allylic oxidation sites excluding steroid dienone is 3. The molecule has 0 saturated heterocycles. The standard InChI is InChI=1S/C20H25NO4S/c1-4-26-11-10-24-20(23)17-13(3)21-14-6-5-7-15(22)18(14)19(17)16-9-8-12(2)25-16/h8-9,19,21H,4-7,10-11H2,1-3H3. The summed E-state index contributed by atoms with van der Waals surface area (Å²) in [7, 11) is 0. The minimum Gasteiger partial charge on any atom is -0.465 e. The summed E-state index contributed by atoms with van der Waals surface area (Å²) in [6, 6.07) is 3.71. The van der Waals surface area contributed by atoms with Gasteiger partial charge in [-0.3, -0.25) is 4.79 Å². The Morgan fingerprint density at radius 3 is 2.85 bits per heavy atom. The number of ketones is 1. The molecule has 0 amide bonds. The molecule has 1 aromatic rings. The Hall–Kier alpha value is -1.95. The molecule has 0 aromatic carbocycles. The van der Waals surface area contributed by atoms with Crippen LogP contribution in [0.5, 0.6) is 0 Å². The lowest BCUT2D eigenvalue weighted by Gasteiger charge is -2.32. The van der Waals surface area contributed by atoms with Crippen LogP contribution in [0.2, 0.25) is 0 Å². The molecule has 1 aliphatic carbocycles. The maximum atomic E-state index is 12.8. The van der Waals surface area contributed by atoms with Crippen molar-refractivity contribution in [3.05, 3.63) is 46.2 Å². The molecule has 1 aliphatic heterocycles. The molecule has 1 N–H and O–H groups in total. The van der Waals surface area contributed by atoms with Crippen molar-refractivity contribution in [3.8, 4) is 0 Å². The Labute approximate surface area is 158 Å². The van der Waals surface area contributed by atoms with E-state index in [4.69, 9.17) is 9.15 Å². The average molecular weight is 375 g/mol. The van der Waals surface area contributed by atoms with Gasteiger partial charge in [0.1, 0.15) is 18.1 Å². The van der Waals surface area contributed by atoms with E-state index < -0.39 is 5.92 Å². The molecule has 3 rings (SSSR count). The third-order valence-corrected chi connectivity index (χ3v) is 5.57. The molecule has 1 unspecified atom stereocenters. The summed E-state index contributed by atoms with van der Waals surface area (Å²) in [5, 5.41) is 3.28. The topological polar surface area (TPSA) is 68.5 Å². The molecular weight excluding hydrogens is 350 g/mol. The van der Waals surface area contributed by atoms with Gasteiger partial charge in [-0.15, -0.1) is 0 Å². The van der Waals surface area contributed by atoms with Gasteiger partial charge in [-0.1, -0.05) is 6.92 Å². The fourth-order valence-corrected chi connectivity index (χ4v) is 4.05. The summed E-state index contributed by atoms with van der Waals surface area (Å²) in [5.74, 6) is 2.35. The Morgan fingerprint density at radius 2 is 2.15 bits per heavy atom. The number of rotatable bonds is 6. The second-order valence-electron chi connectivity index (χ2n) is 6.55. The number of aryl methyl sites for hydroxylation is 1. The second kappa shape index (κ2) is 8.16. The molecule has 6 heteroatoms. The van der Waals surface area contributed by atoms with Crippen LogP contribution < -0.4 is 5.32 Å². The van der Waals surface area contributed by atoms with Gasteiger partial charge in [0.05, 0.1) is 11.5 Å². The first kappa shape index (κ1) is 18.8. The number of ether oxygens (including phenoxy) is 1. The zero-order valence-corrected chi connectivity index (χ0v) is 16.3. The predicted molar refractivity (Wildman–Crippen MR) is 102 cm³/mol. The molecule has 0 fully saturated rings. The van der Waals surface area contributed by atoms with Crippen molar-refractivity contribution in [2.24, 2.45) is 0 Å². The van der Waals surface area contributed by atoms with E-state index in [0.717, 1.165) is 41.5 Å². The van der Waals surface area contributed by atoms with Gasteiger partial charge in [-0.05, 0) is 44.6 Å². The van der Waals surface area contributed by atoms with E-state index in [2.05, 4.69) is 12.2 Å². The molecule has 1 aromatic heterocycles. The summed E-state index contributed by atoms with van der Waals surface area (Å²) in [6.07, 6.45) is 2.14. The number of carbonyl (C=O) groups is 2. The lowest BCUT2D eigenvalue weighted by Crippen LogP contribution is -2.34. The Bertz CT molecular complexity index is 775. The summed E-state index contributed by atoms with van der Waals surface area (Å²) in [5.41, 5.74) is 2.79. The van der Waals surface area contributed by atoms with Crippen molar-refractivity contribution >= 4 is 23.5 Å². The maximum Gasteiger partial charge on any atom is 0.336 e. The molecule has 0 bridgehead atoms. The van der Waals surface area contributed by atoms with Crippen LogP contribution >= 0.6 is 11.8 Å². The number of furan rings is 1. The van der Waals surface area contributed by atoms with Gasteiger partial charge >= 0.3 is 5.97 Å². The zero-order chi connectivity index (χ0) is 18.7. The third-order valence-electron chi connectivity index (χ3n) is 4.71. The lowest BCUT2D eigenvalue weighted by molar-refractivity contribution is -0.138. The number of hydrogen-bond donors (Lipinski definition) is 1. The van der Waals surface area contributed by atoms with E-state index in [1.54, 1.807) is 11.8 Å². The van der Waals surface area contributed by atoms with Crippen LogP contribution in [0.15, 0.2) is 39.1 Å². The van der Waals surface area contributed by atoms with Gasteiger partial charge in [0.25, 0.3) is 0 Å². The quantitative estimate of drug-likeness (QED) is 0.602. The highest BCUT2D eigenvalue weighted by molar-refractivity contribution is 7.99. The van der Waals surface area contributed by atoms with Gasteiger partial charge in [0.2, 0.25) is 0 Å². The summed E-state index contributed by atoms with van der Waals surface area (Å²) < 4.78 is 11.3. The van der Waals surface area contributed by atoms with Gasteiger partial charge < -0.3 is 14.5 Å². The largest absolute Gasteiger partial charge is 0.465 e. The van der Waals surface area contributed by atoms with E-state index in [-0.39, 0.29) is 11.8 Å². The van der Waals surface area contributed by atoms with Crippen LogP contribution in [0.25, 0.3) is 0 Å². The summed E-state index contributed by atoms with van der Waals surface area (Å²) >= 11 is 1.73. The molecule has 0 radical (unpaired) electrons. The van der Waals surface area contributed by atoms with Crippen LogP contribution in [0.3, 0.4) is 0 Å². The number of nitrogens with one attached hydrogen (secondary N) is 1. The van der Waals surface area contributed by atoms with Gasteiger partial charge in [-0.2, -0.15) is 11.8 Å². The Kier molecular flexibility index (Phi) is 5.91. The summed E-state index contributed by atoms with van der Waals surface area (Å²) in [4.78, 5) is 25.5. The van der Waals surface area contributed by atoms with E-state index in [1.165, 1.54) is 0 Å². The molecule has 1 atom stereocenters. The number of carbonyl (C=O) groups excluding carboxylic acids is 2. The third kappa shape index (κ3) is 3.75. The van der Waals surface area contributed by atoms with Crippen LogP contribution in [0, 0.1) is 6.92 Å². The monoisotopic (exact) mass is 375 g/mol. The highest BCUT2D eigenvalue weighted by Gasteiger charge is 2.40. The maximum absolute atomic E-state index is 12.8.